The molecule has 0 radical (unpaired) electrons. The first-order valence-corrected chi connectivity index (χ1v) is 12.5. The number of benzene rings is 1. The van der Waals surface area contributed by atoms with Gasteiger partial charge in [0.2, 0.25) is 0 Å². The highest BCUT2D eigenvalue weighted by molar-refractivity contribution is 5.88. The Balaban J connectivity index is 0.000000276. The minimum atomic E-state index is -2.74. The summed E-state index contributed by atoms with van der Waals surface area (Å²) in [7, 11) is 0. The van der Waals surface area contributed by atoms with Gasteiger partial charge in [-0.25, -0.2) is 9.18 Å². The fourth-order valence-corrected chi connectivity index (χ4v) is 5.44. The van der Waals surface area contributed by atoms with E-state index in [1.807, 2.05) is 23.7 Å². The zero-order valence-electron chi connectivity index (χ0n) is 21.7. The molecule has 39 heavy (non-hydrogen) atoms. The van der Waals surface area contributed by atoms with E-state index in [0.717, 1.165) is 25.1 Å². The zero-order chi connectivity index (χ0) is 29.0. The third-order valence-corrected chi connectivity index (χ3v) is 7.28. The summed E-state index contributed by atoms with van der Waals surface area (Å²) in [6, 6.07) is 7.10. The van der Waals surface area contributed by atoms with E-state index in [2.05, 4.69) is 22.8 Å². The fraction of sp³-hybridized carbons (Fsp3) is 0.481. The van der Waals surface area contributed by atoms with Gasteiger partial charge in [0.05, 0.1) is 30.7 Å². The molecule has 2 fully saturated rings. The van der Waals surface area contributed by atoms with Crippen molar-refractivity contribution in [1.82, 2.24) is 14.7 Å². The van der Waals surface area contributed by atoms with Crippen LogP contribution in [0.3, 0.4) is 0 Å². The summed E-state index contributed by atoms with van der Waals surface area (Å²) in [5, 5.41) is 49.6. The highest BCUT2D eigenvalue weighted by Gasteiger charge is 2.48. The summed E-state index contributed by atoms with van der Waals surface area (Å²) in [6.45, 7) is 7.39. The van der Waals surface area contributed by atoms with Gasteiger partial charge in [-0.05, 0) is 50.3 Å². The quantitative estimate of drug-likeness (QED) is 0.278. The van der Waals surface area contributed by atoms with Gasteiger partial charge in [-0.3, -0.25) is 19.2 Å². The van der Waals surface area contributed by atoms with E-state index in [9.17, 15) is 23.9 Å². The van der Waals surface area contributed by atoms with E-state index in [-0.39, 0.29) is 5.82 Å². The van der Waals surface area contributed by atoms with Crippen LogP contribution in [0.4, 0.5) is 4.39 Å². The van der Waals surface area contributed by atoms with E-state index in [1.54, 1.807) is 6.07 Å². The number of piperidine rings is 1. The lowest BCUT2D eigenvalue weighted by Crippen LogP contribution is -2.49. The van der Waals surface area contributed by atoms with Crippen molar-refractivity contribution in [2.45, 2.75) is 81.8 Å². The lowest BCUT2D eigenvalue weighted by atomic mass is 9.80. The van der Waals surface area contributed by atoms with Crippen LogP contribution in [0.2, 0.25) is 0 Å². The summed E-state index contributed by atoms with van der Waals surface area (Å²) in [4.78, 5) is 33.0. The maximum Gasteiger partial charge on any atom is 0.336 e. The Bertz CT molecular complexity index is 1200. The van der Waals surface area contributed by atoms with Gasteiger partial charge in [-0.15, -0.1) is 6.58 Å². The third kappa shape index (κ3) is 7.28. The van der Waals surface area contributed by atoms with Crippen LogP contribution in [0.1, 0.15) is 55.3 Å². The summed E-state index contributed by atoms with van der Waals surface area (Å²) in [5.74, 6) is -5.30. The number of nitrogens with zero attached hydrogens (tertiary/aromatic N) is 3. The molecule has 2 unspecified atom stereocenters. The Labute approximate surface area is 224 Å². The second-order valence-electron chi connectivity index (χ2n) is 10.2. The van der Waals surface area contributed by atoms with Gasteiger partial charge in [-0.2, -0.15) is 5.10 Å². The summed E-state index contributed by atoms with van der Waals surface area (Å²) in [6.07, 6.45) is 5.15. The number of hydrogen-bond donors (Lipinski definition) is 5. The Kier molecular flexibility index (Phi) is 9.26. The van der Waals surface area contributed by atoms with Gasteiger partial charge >= 0.3 is 17.9 Å². The molecule has 11 nitrogen and oxygen atoms in total. The number of allylic oxidation sites excluding steroid dienone is 1. The first kappa shape index (κ1) is 29.9. The average Bonchev–Trinajstić information content (AvgIpc) is 3.29. The molecular formula is C27H34FN3O8. The molecule has 212 valence electrons. The lowest BCUT2D eigenvalue weighted by molar-refractivity contribution is -0.170. The lowest BCUT2D eigenvalue weighted by Gasteiger charge is -2.44. The molecule has 5 N–H and O–H groups in total. The molecule has 1 aromatic heterocycles. The molecule has 2 aliphatic heterocycles. The number of aromatic nitrogens is 2. The number of rotatable bonds is 10. The molecule has 12 heteroatoms. The van der Waals surface area contributed by atoms with Crippen molar-refractivity contribution >= 4 is 17.9 Å². The summed E-state index contributed by atoms with van der Waals surface area (Å²) < 4.78 is 15.6. The number of fused-ring (bicyclic) bond motifs is 2. The number of carboxylic acid groups (broad SMARTS) is 3. The monoisotopic (exact) mass is 547 g/mol. The molecule has 2 saturated heterocycles. The predicted octanol–water partition coefficient (Wildman–Crippen LogP) is 2.28. The average molecular weight is 548 g/mol. The Morgan fingerprint density at radius 2 is 1.74 bits per heavy atom. The van der Waals surface area contributed by atoms with E-state index in [1.165, 1.54) is 17.7 Å². The second kappa shape index (κ2) is 12.1. The van der Waals surface area contributed by atoms with Crippen LogP contribution in [0, 0.1) is 12.7 Å². The van der Waals surface area contributed by atoms with Crippen LogP contribution in [0.5, 0.6) is 0 Å². The van der Waals surface area contributed by atoms with Crippen molar-refractivity contribution in [1.29, 1.82) is 0 Å². The number of hydrogen-bond acceptors (Lipinski definition) is 7. The van der Waals surface area contributed by atoms with Crippen molar-refractivity contribution in [2.24, 2.45) is 0 Å². The van der Waals surface area contributed by atoms with Crippen molar-refractivity contribution in [3.05, 3.63) is 65.8 Å². The molecule has 0 amide bonds. The standard InChI is InChI=1S/C21H26FN3O.C6H8O7/c1-3-9-24-13-16(15(2)23-24)14-25-19-7-8-20(25)12-21(26,11-19)17-5-4-6-18(22)10-17;7-3(8)1-6(13,5(11)12)2-4(9)10/h3-6,10,13,19-20,26H,1,7-9,11-12,14H2,2H3;13H,1-2H2,(H,7,8)(H,9,10)(H,11,12). The normalized spacial score (nSPS) is 22.6. The smallest absolute Gasteiger partial charge is 0.336 e. The fourth-order valence-electron chi connectivity index (χ4n) is 5.44. The minimum Gasteiger partial charge on any atom is -0.481 e. The summed E-state index contributed by atoms with van der Waals surface area (Å²) in [5.41, 5.74) is -0.661. The van der Waals surface area contributed by atoms with Gasteiger partial charge in [0, 0.05) is 30.4 Å². The van der Waals surface area contributed by atoms with Crippen molar-refractivity contribution in [3.63, 3.8) is 0 Å². The van der Waals surface area contributed by atoms with E-state index < -0.39 is 42.0 Å². The summed E-state index contributed by atoms with van der Waals surface area (Å²) >= 11 is 0. The van der Waals surface area contributed by atoms with Gasteiger partial charge < -0.3 is 25.5 Å². The van der Waals surface area contributed by atoms with Crippen LogP contribution in [-0.2, 0) is 33.1 Å². The molecule has 2 atom stereocenters. The van der Waals surface area contributed by atoms with Gasteiger partial charge in [0.1, 0.15) is 5.82 Å². The van der Waals surface area contributed by atoms with Crippen LogP contribution in [0.15, 0.2) is 43.1 Å². The van der Waals surface area contributed by atoms with E-state index in [0.29, 0.717) is 37.0 Å². The first-order chi connectivity index (χ1) is 18.3. The van der Waals surface area contributed by atoms with Gasteiger partial charge in [0.25, 0.3) is 0 Å². The molecule has 4 rings (SSSR count). The largest absolute Gasteiger partial charge is 0.481 e. The molecular weight excluding hydrogens is 513 g/mol. The second-order valence-corrected chi connectivity index (χ2v) is 10.2. The molecule has 2 aliphatic rings. The maximum absolute atomic E-state index is 13.6. The van der Waals surface area contributed by atoms with E-state index >= 15 is 0 Å². The SMILES string of the molecule is C=CCn1cc(CN2C3CCC2CC(O)(c2cccc(F)c2)C3)c(C)n1.O=C(O)CC(O)(CC(=O)O)C(=O)O. The highest BCUT2D eigenvalue weighted by atomic mass is 19.1. The van der Waals surface area contributed by atoms with Crippen LogP contribution in [0.25, 0.3) is 0 Å². The number of carboxylic acids is 3. The van der Waals surface area contributed by atoms with Crippen molar-refractivity contribution in [2.75, 3.05) is 0 Å². The molecule has 1 aromatic carbocycles. The highest BCUT2D eigenvalue weighted by Crippen LogP contribution is 2.46. The Morgan fingerprint density at radius 3 is 2.23 bits per heavy atom. The van der Waals surface area contributed by atoms with Crippen molar-refractivity contribution < 1.29 is 44.3 Å². The first-order valence-electron chi connectivity index (χ1n) is 12.5. The molecule has 2 bridgehead atoms. The number of aliphatic hydroxyl groups is 2. The number of aryl methyl sites for hydroxylation is 1. The molecule has 0 spiro atoms. The third-order valence-electron chi connectivity index (χ3n) is 7.28. The molecule has 3 heterocycles. The van der Waals surface area contributed by atoms with Crippen LogP contribution >= 0.6 is 0 Å². The molecule has 2 aromatic rings. The van der Waals surface area contributed by atoms with Crippen molar-refractivity contribution in [3.8, 4) is 0 Å². The Morgan fingerprint density at radius 1 is 1.15 bits per heavy atom. The Hall–Kier alpha value is -3.61. The van der Waals surface area contributed by atoms with Crippen LogP contribution in [-0.4, -0.2) is 75.8 Å². The minimum absolute atomic E-state index is 0.282. The van der Waals surface area contributed by atoms with Crippen LogP contribution < -0.4 is 0 Å². The topological polar surface area (TPSA) is 173 Å². The number of halogens is 1. The van der Waals surface area contributed by atoms with Gasteiger partial charge in [0.15, 0.2) is 5.60 Å². The molecule has 0 saturated carbocycles. The van der Waals surface area contributed by atoms with E-state index in [4.69, 9.17) is 20.4 Å². The zero-order valence-corrected chi connectivity index (χ0v) is 21.7. The number of carbonyl (C=O) groups is 3. The number of aliphatic carboxylic acids is 3. The molecule has 0 aliphatic carbocycles. The predicted molar refractivity (Wildman–Crippen MR) is 136 cm³/mol. The van der Waals surface area contributed by atoms with Gasteiger partial charge in [-0.1, -0.05) is 18.2 Å². The maximum atomic E-state index is 13.6.